The van der Waals surface area contributed by atoms with Gasteiger partial charge in [-0.2, -0.15) is 4.31 Å². The fourth-order valence-corrected chi connectivity index (χ4v) is 6.11. The van der Waals surface area contributed by atoms with Crippen LogP contribution in [0.15, 0.2) is 47.4 Å². The summed E-state index contributed by atoms with van der Waals surface area (Å²) in [4.78, 5) is 11.8. The highest BCUT2D eigenvalue weighted by atomic mass is 35.5. The third-order valence-corrected chi connectivity index (χ3v) is 7.86. The molecule has 1 unspecified atom stereocenters. The summed E-state index contributed by atoms with van der Waals surface area (Å²) < 4.78 is 33.7. The van der Waals surface area contributed by atoms with Crippen LogP contribution in [-0.4, -0.2) is 38.3 Å². The van der Waals surface area contributed by atoms with Crippen LogP contribution in [0.5, 0.6) is 5.75 Å². The molecule has 10 heteroatoms. The molecule has 0 bridgehead atoms. The highest BCUT2D eigenvalue weighted by molar-refractivity contribution is 7.89. The van der Waals surface area contributed by atoms with Crippen LogP contribution in [0.3, 0.4) is 0 Å². The molecule has 2 aromatic rings. The van der Waals surface area contributed by atoms with Crippen LogP contribution >= 0.6 is 34.8 Å². The lowest BCUT2D eigenvalue weighted by atomic mass is 9.78. The van der Waals surface area contributed by atoms with Crippen molar-refractivity contribution in [1.82, 2.24) is 4.31 Å². The lowest BCUT2D eigenvalue weighted by Gasteiger charge is -2.41. The molecule has 162 valence electrons. The van der Waals surface area contributed by atoms with Crippen molar-refractivity contribution in [3.05, 3.63) is 57.5 Å². The monoisotopic (exact) mass is 490 g/mol. The summed E-state index contributed by atoms with van der Waals surface area (Å²) >= 11 is 17.9. The van der Waals surface area contributed by atoms with E-state index in [-0.39, 0.29) is 29.5 Å². The molecule has 1 aliphatic heterocycles. The maximum absolute atomic E-state index is 13.2. The number of carbonyl (C=O) groups is 1. The molecule has 2 aromatic carbocycles. The molecule has 0 saturated carbocycles. The van der Waals surface area contributed by atoms with E-state index in [2.05, 4.69) is 0 Å². The van der Waals surface area contributed by atoms with Gasteiger partial charge in [0.25, 0.3) is 0 Å². The van der Waals surface area contributed by atoms with E-state index in [1.807, 2.05) is 0 Å². The first-order chi connectivity index (χ1) is 14.1. The van der Waals surface area contributed by atoms with Gasteiger partial charge in [-0.25, -0.2) is 8.42 Å². The number of nitrogens with two attached hydrogens (primary N) is 1. The molecule has 1 atom stereocenters. The van der Waals surface area contributed by atoms with Gasteiger partial charge in [-0.15, -0.1) is 0 Å². The topological polar surface area (TPSA) is 89.7 Å². The van der Waals surface area contributed by atoms with E-state index >= 15 is 0 Å². The fraction of sp³-hybridized carbons (Fsp3) is 0.350. The Labute approximate surface area is 190 Å². The minimum Gasteiger partial charge on any atom is -0.493 e. The second-order valence-electron chi connectivity index (χ2n) is 7.40. The van der Waals surface area contributed by atoms with E-state index < -0.39 is 21.3 Å². The zero-order valence-electron chi connectivity index (χ0n) is 16.0. The smallest absolute Gasteiger partial charge is 0.244 e. The molecule has 6 nitrogen and oxygen atoms in total. The number of primary amides is 1. The van der Waals surface area contributed by atoms with Gasteiger partial charge in [-0.05, 0) is 55.3 Å². The number of nitrogens with zero attached hydrogens (tertiary/aromatic N) is 1. The lowest BCUT2D eigenvalue weighted by molar-refractivity contribution is -0.121. The van der Waals surface area contributed by atoms with Crippen molar-refractivity contribution in [2.24, 2.45) is 11.1 Å². The first-order valence-electron chi connectivity index (χ1n) is 9.23. The predicted molar refractivity (Wildman–Crippen MR) is 118 cm³/mol. The summed E-state index contributed by atoms with van der Waals surface area (Å²) in [6.45, 7) is 0.533. The van der Waals surface area contributed by atoms with Crippen LogP contribution in [0.2, 0.25) is 15.1 Å². The summed E-state index contributed by atoms with van der Waals surface area (Å²) in [6.07, 6.45) is 1.16. The SMILES string of the molecule is NC(=O)CC1(COc2ccc(Cl)cc2)CCCN(S(=O)(=O)c2ccc(Cl)cc2Cl)C1. The van der Waals surface area contributed by atoms with Crippen molar-refractivity contribution >= 4 is 50.7 Å². The van der Waals surface area contributed by atoms with E-state index in [0.717, 1.165) is 0 Å². The van der Waals surface area contributed by atoms with Gasteiger partial charge >= 0.3 is 0 Å². The number of halogens is 3. The largest absolute Gasteiger partial charge is 0.493 e. The van der Waals surface area contributed by atoms with Crippen LogP contribution in [0.1, 0.15) is 19.3 Å². The average molecular weight is 492 g/mol. The van der Waals surface area contributed by atoms with E-state index in [1.165, 1.54) is 22.5 Å². The number of amides is 1. The normalized spacial score (nSPS) is 20.1. The van der Waals surface area contributed by atoms with Crippen LogP contribution in [0.25, 0.3) is 0 Å². The summed E-state index contributed by atoms with van der Waals surface area (Å²) in [5.41, 5.74) is 4.73. The highest BCUT2D eigenvalue weighted by Crippen LogP contribution is 2.38. The van der Waals surface area contributed by atoms with Crippen molar-refractivity contribution < 1.29 is 17.9 Å². The minimum atomic E-state index is -3.89. The van der Waals surface area contributed by atoms with E-state index in [0.29, 0.717) is 35.2 Å². The molecule has 2 N–H and O–H groups in total. The van der Waals surface area contributed by atoms with Crippen LogP contribution in [-0.2, 0) is 14.8 Å². The number of carbonyl (C=O) groups excluding carboxylic acids is 1. The lowest BCUT2D eigenvalue weighted by Crippen LogP contribution is -2.50. The van der Waals surface area contributed by atoms with E-state index in [1.54, 1.807) is 24.3 Å². The van der Waals surface area contributed by atoms with Crippen molar-refractivity contribution in [2.75, 3.05) is 19.7 Å². The first kappa shape index (κ1) is 23.2. The molecular weight excluding hydrogens is 471 g/mol. The summed E-state index contributed by atoms with van der Waals surface area (Å²) in [5.74, 6) is 0.0578. The second kappa shape index (κ2) is 9.32. The molecular formula is C20H21Cl3N2O4S. The molecule has 1 saturated heterocycles. The molecule has 0 aliphatic carbocycles. The van der Waals surface area contributed by atoms with E-state index in [4.69, 9.17) is 45.3 Å². The van der Waals surface area contributed by atoms with Crippen LogP contribution < -0.4 is 10.5 Å². The quantitative estimate of drug-likeness (QED) is 0.623. The number of piperidine rings is 1. The van der Waals surface area contributed by atoms with Gasteiger partial charge in [0.2, 0.25) is 15.9 Å². The second-order valence-corrected chi connectivity index (χ2v) is 10.6. The summed E-state index contributed by atoms with van der Waals surface area (Å²) in [6, 6.07) is 11.1. The number of benzene rings is 2. The van der Waals surface area contributed by atoms with Gasteiger partial charge in [-0.1, -0.05) is 34.8 Å². The van der Waals surface area contributed by atoms with Gasteiger partial charge in [0.05, 0.1) is 11.6 Å². The Bertz CT molecular complexity index is 1030. The molecule has 30 heavy (non-hydrogen) atoms. The fourth-order valence-electron chi connectivity index (χ4n) is 3.64. The van der Waals surface area contributed by atoms with E-state index in [9.17, 15) is 13.2 Å². The van der Waals surface area contributed by atoms with Gasteiger partial charge in [0.15, 0.2) is 0 Å². The standard InChI is InChI=1S/C20H21Cl3N2O4S/c21-14-2-5-16(6-3-14)29-13-20(11-19(24)26)8-1-9-25(12-20)30(27,28)18-7-4-15(22)10-17(18)23/h2-7,10H,1,8-9,11-13H2,(H2,24,26). The highest BCUT2D eigenvalue weighted by Gasteiger charge is 2.42. The maximum atomic E-state index is 13.2. The summed E-state index contributed by atoms with van der Waals surface area (Å²) in [5, 5.41) is 0.965. The van der Waals surface area contributed by atoms with Crippen molar-refractivity contribution in [2.45, 2.75) is 24.2 Å². The van der Waals surface area contributed by atoms with Gasteiger partial charge < -0.3 is 10.5 Å². The van der Waals surface area contributed by atoms with Crippen LogP contribution in [0, 0.1) is 5.41 Å². The first-order valence-corrected chi connectivity index (χ1v) is 11.8. The zero-order chi connectivity index (χ0) is 21.9. The Morgan fingerprint density at radius 1 is 1.10 bits per heavy atom. The minimum absolute atomic E-state index is 0.000952. The summed E-state index contributed by atoms with van der Waals surface area (Å²) in [7, 11) is -3.89. The third-order valence-electron chi connectivity index (χ3n) is 5.05. The van der Waals surface area contributed by atoms with Crippen molar-refractivity contribution in [3.63, 3.8) is 0 Å². The number of hydrogen-bond donors (Lipinski definition) is 1. The van der Waals surface area contributed by atoms with Gasteiger partial charge in [-0.3, -0.25) is 4.79 Å². The Kier molecular flexibility index (Phi) is 7.20. The van der Waals surface area contributed by atoms with Crippen molar-refractivity contribution in [3.8, 4) is 5.75 Å². The number of ether oxygens (including phenoxy) is 1. The molecule has 0 radical (unpaired) electrons. The van der Waals surface area contributed by atoms with Gasteiger partial charge in [0.1, 0.15) is 10.6 Å². The predicted octanol–water partition coefficient (Wildman–Crippen LogP) is 4.37. The molecule has 0 aromatic heterocycles. The number of rotatable bonds is 7. The van der Waals surface area contributed by atoms with Crippen LogP contribution in [0.4, 0.5) is 0 Å². The number of hydrogen-bond acceptors (Lipinski definition) is 4. The average Bonchev–Trinajstić information content (AvgIpc) is 2.67. The Morgan fingerprint density at radius 2 is 1.77 bits per heavy atom. The molecule has 1 heterocycles. The number of sulfonamides is 1. The molecule has 3 rings (SSSR count). The third kappa shape index (κ3) is 5.39. The zero-order valence-corrected chi connectivity index (χ0v) is 19.1. The Hall–Kier alpha value is -1.51. The Morgan fingerprint density at radius 3 is 2.40 bits per heavy atom. The molecule has 1 amide bonds. The molecule has 1 aliphatic rings. The van der Waals surface area contributed by atoms with Crippen molar-refractivity contribution in [1.29, 1.82) is 0 Å². The molecule has 0 spiro atoms. The molecule has 1 fully saturated rings. The van der Waals surface area contributed by atoms with Gasteiger partial charge in [0, 0.05) is 35.0 Å². The maximum Gasteiger partial charge on any atom is 0.244 e. The Balaban J connectivity index is 1.85.